The van der Waals surface area contributed by atoms with E-state index in [1.807, 2.05) is 13.0 Å². The van der Waals surface area contributed by atoms with Gasteiger partial charge in [-0.1, -0.05) is 32.0 Å². The fourth-order valence-corrected chi connectivity index (χ4v) is 2.18. The first-order valence-electron chi connectivity index (χ1n) is 8.19. The monoisotopic (exact) mass is 436 g/mol. The van der Waals surface area contributed by atoms with Crippen LogP contribution in [0.4, 0.5) is 4.39 Å². The highest BCUT2D eigenvalue weighted by Crippen LogP contribution is 2.07. The standard InChI is InChI=1S/C17H29FN4.HI/c1-4-19-17(20-12-9-13-22(5-2)6-3)21-14-15-10-7-8-11-16(15)18;/h7-8,10-11H,4-6,9,12-14H2,1-3H3,(H2,19,20,21);1H. The molecule has 0 spiro atoms. The fourth-order valence-electron chi connectivity index (χ4n) is 2.18. The van der Waals surface area contributed by atoms with Crippen molar-refractivity contribution in [1.82, 2.24) is 15.5 Å². The minimum absolute atomic E-state index is 0. The molecular formula is C17H30FIN4. The van der Waals surface area contributed by atoms with Gasteiger partial charge in [0.25, 0.3) is 0 Å². The van der Waals surface area contributed by atoms with Gasteiger partial charge in [-0.05, 0) is 39.0 Å². The number of guanidine groups is 1. The van der Waals surface area contributed by atoms with E-state index in [0.29, 0.717) is 12.1 Å². The second-order valence-electron chi connectivity index (χ2n) is 5.09. The molecule has 0 aliphatic heterocycles. The van der Waals surface area contributed by atoms with Crippen molar-refractivity contribution in [3.05, 3.63) is 35.6 Å². The topological polar surface area (TPSA) is 39.7 Å². The molecule has 0 saturated carbocycles. The second kappa shape index (κ2) is 13.5. The maximum Gasteiger partial charge on any atom is 0.191 e. The van der Waals surface area contributed by atoms with Gasteiger partial charge >= 0.3 is 0 Å². The van der Waals surface area contributed by atoms with Gasteiger partial charge in [0.05, 0.1) is 6.54 Å². The van der Waals surface area contributed by atoms with Crippen LogP contribution in [0.3, 0.4) is 0 Å². The number of hydrogen-bond acceptors (Lipinski definition) is 2. The Morgan fingerprint density at radius 3 is 2.43 bits per heavy atom. The Bertz CT molecular complexity index is 450. The molecule has 0 saturated heterocycles. The quantitative estimate of drug-likeness (QED) is 0.270. The first kappa shape index (κ1) is 22.1. The molecule has 6 heteroatoms. The molecule has 0 unspecified atom stereocenters. The van der Waals surface area contributed by atoms with E-state index < -0.39 is 0 Å². The van der Waals surface area contributed by atoms with Gasteiger partial charge in [-0.2, -0.15) is 0 Å². The summed E-state index contributed by atoms with van der Waals surface area (Å²) in [5.41, 5.74) is 0.614. The zero-order valence-corrected chi connectivity index (χ0v) is 16.8. The van der Waals surface area contributed by atoms with Crippen LogP contribution in [0.1, 0.15) is 32.8 Å². The van der Waals surface area contributed by atoms with E-state index >= 15 is 0 Å². The molecule has 0 heterocycles. The van der Waals surface area contributed by atoms with Gasteiger partial charge in [-0.3, -0.25) is 0 Å². The van der Waals surface area contributed by atoms with Crippen LogP contribution < -0.4 is 10.6 Å². The summed E-state index contributed by atoms with van der Waals surface area (Å²) >= 11 is 0. The summed E-state index contributed by atoms with van der Waals surface area (Å²) < 4.78 is 13.6. The maximum atomic E-state index is 13.6. The highest BCUT2D eigenvalue weighted by molar-refractivity contribution is 14.0. The molecule has 2 N–H and O–H groups in total. The smallest absolute Gasteiger partial charge is 0.191 e. The molecule has 0 atom stereocenters. The van der Waals surface area contributed by atoms with Crippen LogP contribution in [-0.4, -0.2) is 43.6 Å². The van der Waals surface area contributed by atoms with Gasteiger partial charge in [0.1, 0.15) is 5.82 Å². The van der Waals surface area contributed by atoms with Crippen molar-refractivity contribution in [3.8, 4) is 0 Å². The Morgan fingerprint density at radius 1 is 1.13 bits per heavy atom. The van der Waals surface area contributed by atoms with Gasteiger partial charge in [0, 0.05) is 18.7 Å². The van der Waals surface area contributed by atoms with E-state index in [0.717, 1.165) is 45.1 Å². The summed E-state index contributed by atoms with van der Waals surface area (Å²) in [6.45, 7) is 11.6. The highest BCUT2D eigenvalue weighted by atomic mass is 127. The zero-order chi connectivity index (χ0) is 16.2. The average molecular weight is 436 g/mol. The minimum atomic E-state index is -0.205. The third-order valence-corrected chi connectivity index (χ3v) is 3.55. The Morgan fingerprint density at radius 2 is 1.83 bits per heavy atom. The largest absolute Gasteiger partial charge is 0.357 e. The predicted molar refractivity (Wildman–Crippen MR) is 107 cm³/mol. The number of halogens is 2. The number of aliphatic imine (C=N–C) groups is 1. The van der Waals surface area contributed by atoms with E-state index in [2.05, 4.69) is 34.4 Å². The number of benzene rings is 1. The van der Waals surface area contributed by atoms with Crippen molar-refractivity contribution in [2.24, 2.45) is 4.99 Å². The Kier molecular flexibility index (Phi) is 13.0. The Hall–Kier alpha value is -0.890. The first-order chi connectivity index (χ1) is 10.7. The van der Waals surface area contributed by atoms with Crippen molar-refractivity contribution in [1.29, 1.82) is 0 Å². The number of nitrogens with one attached hydrogen (secondary N) is 2. The molecule has 4 nitrogen and oxygen atoms in total. The molecule has 0 amide bonds. The van der Waals surface area contributed by atoms with Crippen LogP contribution in [0, 0.1) is 5.82 Å². The van der Waals surface area contributed by atoms with Gasteiger partial charge in [0.2, 0.25) is 0 Å². The molecule has 0 aliphatic rings. The second-order valence-corrected chi connectivity index (χ2v) is 5.09. The molecule has 0 radical (unpaired) electrons. The van der Waals surface area contributed by atoms with Crippen molar-refractivity contribution < 1.29 is 4.39 Å². The van der Waals surface area contributed by atoms with E-state index in [-0.39, 0.29) is 29.8 Å². The lowest BCUT2D eigenvalue weighted by Gasteiger charge is -2.18. The normalized spacial score (nSPS) is 11.3. The third-order valence-electron chi connectivity index (χ3n) is 3.55. The number of nitrogens with zero attached hydrogens (tertiary/aromatic N) is 2. The Balaban J connectivity index is 0.00000484. The number of rotatable bonds is 9. The van der Waals surface area contributed by atoms with Gasteiger partial charge in [0.15, 0.2) is 5.96 Å². The maximum absolute atomic E-state index is 13.6. The molecular weight excluding hydrogens is 406 g/mol. The molecule has 1 aromatic carbocycles. The highest BCUT2D eigenvalue weighted by Gasteiger charge is 2.02. The van der Waals surface area contributed by atoms with Gasteiger partial charge < -0.3 is 15.5 Å². The summed E-state index contributed by atoms with van der Waals surface area (Å²) in [5, 5.41) is 6.49. The summed E-state index contributed by atoms with van der Waals surface area (Å²) in [6.07, 6.45) is 1.06. The molecule has 0 aliphatic carbocycles. The molecule has 0 bridgehead atoms. The minimum Gasteiger partial charge on any atom is -0.357 e. The zero-order valence-electron chi connectivity index (χ0n) is 14.4. The van der Waals surface area contributed by atoms with Crippen LogP contribution in [0.25, 0.3) is 0 Å². The summed E-state index contributed by atoms with van der Waals surface area (Å²) in [4.78, 5) is 6.84. The molecule has 0 fully saturated rings. The lowest BCUT2D eigenvalue weighted by atomic mass is 10.2. The van der Waals surface area contributed by atoms with Crippen LogP contribution in [0.5, 0.6) is 0 Å². The molecule has 1 aromatic rings. The predicted octanol–water partition coefficient (Wildman–Crippen LogP) is 3.23. The van der Waals surface area contributed by atoms with Crippen LogP contribution in [0.15, 0.2) is 29.3 Å². The molecule has 23 heavy (non-hydrogen) atoms. The summed E-state index contributed by atoms with van der Waals surface area (Å²) in [6, 6.07) is 6.76. The SMILES string of the molecule is CCNC(=NCc1ccccc1F)NCCCN(CC)CC.I. The van der Waals surface area contributed by atoms with Crippen LogP contribution >= 0.6 is 24.0 Å². The van der Waals surface area contributed by atoms with Crippen molar-refractivity contribution in [3.63, 3.8) is 0 Å². The average Bonchev–Trinajstić information content (AvgIpc) is 2.54. The Labute approximate surface area is 157 Å². The lowest BCUT2D eigenvalue weighted by molar-refractivity contribution is 0.300. The van der Waals surface area contributed by atoms with E-state index in [9.17, 15) is 4.39 Å². The van der Waals surface area contributed by atoms with Crippen LogP contribution in [0.2, 0.25) is 0 Å². The molecule has 132 valence electrons. The fraction of sp³-hybridized carbons (Fsp3) is 0.588. The summed E-state index contributed by atoms with van der Waals surface area (Å²) in [7, 11) is 0. The van der Waals surface area contributed by atoms with Crippen molar-refractivity contribution >= 4 is 29.9 Å². The van der Waals surface area contributed by atoms with E-state index in [1.54, 1.807) is 12.1 Å². The van der Waals surface area contributed by atoms with Crippen molar-refractivity contribution in [2.75, 3.05) is 32.7 Å². The van der Waals surface area contributed by atoms with Crippen LogP contribution in [-0.2, 0) is 6.54 Å². The van der Waals surface area contributed by atoms with Crippen molar-refractivity contribution in [2.45, 2.75) is 33.7 Å². The molecule has 0 aromatic heterocycles. The van der Waals surface area contributed by atoms with E-state index in [1.165, 1.54) is 6.07 Å². The lowest BCUT2D eigenvalue weighted by Crippen LogP contribution is -2.38. The van der Waals surface area contributed by atoms with Gasteiger partial charge in [-0.15, -0.1) is 24.0 Å². The summed E-state index contributed by atoms with van der Waals surface area (Å²) in [5.74, 6) is 0.536. The third kappa shape index (κ3) is 9.10. The van der Waals surface area contributed by atoms with Gasteiger partial charge in [-0.25, -0.2) is 9.38 Å². The molecule has 1 rings (SSSR count). The van der Waals surface area contributed by atoms with E-state index in [4.69, 9.17) is 0 Å². The number of hydrogen-bond donors (Lipinski definition) is 2. The first-order valence-corrected chi connectivity index (χ1v) is 8.19.